The minimum absolute atomic E-state index is 0.114. The Balaban J connectivity index is 2.09. The van der Waals surface area contributed by atoms with Crippen LogP contribution in [0.4, 0.5) is 4.39 Å². The summed E-state index contributed by atoms with van der Waals surface area (Å²) >= 11 is 6.28. The zero-order valence-electron chi connectivity index (χ0n) is 12.0. The molecule has 6 heteroatoms. The number of nitrogens with zero attached hydrogens (tertiary/aromatic N) is 3. The number of H-pyrrole nitrogens is 1. The first kappa shape index (κ1) is 13.3. The second-order valence-corrected chi connectivity index (χ2v) is 5.73. The number of aromatic nitrogens is 4. The first-order valence-electron chi connectivity index (χ1n) is 6.82. The fourth-order valence-corrected chi connectivity index (χ4v) is 3.17. The molecule has 1 aromatic carbocycles. The van der Waals surface area contributed by atoms with E-state index in [1.165, 1.54) is 0 Å². The van der Waals surface area contributed by atoms with Gasteiger partial charge >= 0.3 is 0 Å². The maximum atomic E-state index is 14.4. The maximum Gasteiger partial charge on any atom is 0.147 e. The molecular formula is C16H12ClFN4. The van der Waals surface area contributed by atoms with E-state index in [0.717, 1.165) is 22.3 Å². The highest BCUT2D eigenvalue weighted by atomic mass is 35.5. The molecule has 4 rings (SSSR count). The van der Waals surface area contributed by atoms with E-state index in [4.69, 9.17) is 11.6 Å². The molecule has 4 nitrogen and oxygen atoms in total. The van der Waals surface area contributed by atoms with Crippen molar-refractivity contribution in [3.05, 3.63) is 52.8 Å². The smallest absolute Gasteiger partial charge is 0.147 e. The molecule has 0 atom stereocenters. The molecule has 3 aromatic heterocycles. The van der Waals surface area contributed by atoms with Crippen molar-refractivity contribution in [2.45, 2.75) is 13.8 Å². The van der Waals surface area contributed by atoms with Gasteiger partial charge in [-0.25, -0.2) is 9.37 Å². The summed E-state index contributed by atoms with van der Waals surface area (Å²) < 4.78 is 16.3. The molecule has 0 saturated heterocycles. The van der Waals surface area contributed by atoms with Gasteiger partial charge in [0.05, 0.1) is 22.4 Å². The fourth-order valence-electron chi connectivity index (χ4n) is 2.81. The molecule has 0 aliphatic heterocycles. The maximum absolute atomic E-state index is 14.4. The van der Waals surface area contributed by atoms with Crippen molar-refractivity contribution in [3.8, 4) is 11.1 Å². The Morgan fingerprint density at radius 1 is 1.23 bits per heavy atom. The molecule has 0 amide bonds. The first-order chi connectivity index (χ1) is 10.6. The molecule has 0 aliphatic rings. The van der Waals surface area contributed by atoms with Crippen LogP contribution in [0.2, 0.25) is 5.02 Å². The van der Waals surface area contributed by atoms with Crippen LogP contribution in [-0.4, -0.2) is 19.6 Å². The summed E-state index contributed by atoms with van der Waals surface area (Å²) in [6.07, 6.45) is 5.49. The van der Waals surface area contributed by atoms with Gasteiger partial charge in [-0.1, -0.05) is 11.6 Å². The lowest BCUT2D eigenvalue weighted by atomic mass is 10.0. The van der Waals surface area contributed by atoms with Crippen LogP contribution in [0.15, 0.2) is 30.7 Å². The highest BCUT2D eigenvalue weighted by Crippen LogP contribution is 2.38. The summed E-state index contributed by atoms with van der Waals surface area (Å²) in [4.78, 5) is 4.39. The predicted octanol–water partition coefficient (Wildman–Crippen LogP) is 4.29. The number of imidazole rings is 1. The van der Waals surface area contributed by atoms with E-state index in [0.29, 0.717) is 16.6 Å². The van der Waals surface area contributed by atoms with Crippen LogP contribution in [0.1, 0.15) is 11.3 Å². The van der Waals surface area contributed by atoms with Gasteiger partial charge in [0.1, 0.15) is 11.5 Å². The summed E-state index contributed by atoms with van der Waals surface area (Å²) in [5.41, 5.74) is 4.36. The number of halogens is 2. The number of benzene rings is 1. The molecule has 0 bridgehead atoms. The summed E-state index contributed by atoms with van der Waals surface area (Å²) in [5.74, 6) is -0.421. The van der Waals surface area contributed by atoms with Gasteiger partial charge in [0.2, 0.25) is 0 Å². The topological polar surface area (TPSA) is 46.0 Å². The second kappa shape index (κ2) is 4.55. The lowest BCUT2D eigenvalue weighted by Gasteiger charge is -2.10. The SMILES string of the molecule is Cc1cn2cc(-c3c(Cl)c(F)c(C)c4[nH]ncc34)ccc2n1. The molecule has 22 heavy (non-hydrogen) atoms. The number of fused-ring (bicyclic) bond motifs is 2. The Morgan fingerprint density at radius 2 is 2.05 bits per heavy atom. The van der Waals surface area contributed by atoms with E-state index < -0.39 is 5.82 Å². The Morgan fingerprint density at radius 3 is 2.86 bits per heavy atom. The number of aromatic amines is 1. The molecule has 3 heterocycles. The minimum atomic E-state index is -0.421. The van der Waals surface area contributed by atoms with Crippen molar-refractivity contribution in [1.82, 2.24) is 19.6 Å². The van der Waals surface area contributed by atoms with Crippen LogP contribution in [0.25, 0.3) is 27.7 Å². The van der Waals surface area contributed by atoms with Crippen molar-refractivity contribution in [2.75, 3.05) is 0 Å². The van der Waals surface area contributed by atoms with Crippen LogP contribution >= 0.6 is 11.6 Å². The monoisotopic (exact) mass is 314 g/mol. The fraction of sp³-hybridized carbons (Fsp3) is 0.125. The van der Waals surface area contributed by atoms with Crippen LogP contribution in [-0.2, 0) is 0 Å². The third-order valence-electron chi connectivity index (χ3n) is 3.89. The van der Waals surface area contributed by atoms with Crippen LogP contribution in [0.5, 0.6) is 0 Å². The first-order valence-corrected chi connectivity index (χ1v) is 7.20. The molecule has 0 fully saturated rings. The summed E-state index contributed by atoms with van der Waals surface area (Å²) in [6.45, 7) is 3.62. The quantitative estimate of drug-likeness (QED) is 0.570. The standard InChI is InChI=1S/C16H12ClFN4/c1-8-6-22-7-10(3-4-12(22)20-8)13-11-5-19-21-16(11)9(2)15(18)14(13)17/h3-7H,1-2H3,(H,19,21). The van der Waals surface area contributed by atoms with Gasteiger partial charge < -0.3 is 4.40 Å². The van der Waals surface area contributed by atoms with Crippen LogP contribution < -0.4 is 0 Å². The molecule has 0 aliphatic carbocycles. The number of nitrogens with one attached hydrogen (secondary N) is 1. The third-order valence-corrected chi connectivity index (χ3v) is 4.24. The second-order valence-electron chi connectivity index (χ2n) is 5.35. The summed E-state index contributed by atoms with van der Waals surface area (Å²) in [5, 5.41) is 7.79. The van der Waals surface area contributed by atoms with E-state index in [-0.39, 0.29) is 5.02 Å². The van der Waals surface area contributed by atoms with Crippen molar-refractivity contribution < 1.29 is 4.39 Å². The van der Waals surface area contributed by atoms with E-state index in [2.05, 4.69) is 15.2 Å². The number of pyridine rings is 1. The highest BCUT2D eigenvalue weighted by Gasteiger charge is 2.19. The number of rotatable bonds is 1. The number of aryl methyl sites for hydroxylation is 2. The van der Waals surface area contributed by atoms with E-state index in [1.807, 2.05) is 35.9 Å². The molecule has 1 N–H and O–H groups in total. The van der Waals surface area contributed by atoms with Gasteiger partial charge in [-0.05, 0) is 26.0 Å². The average molecular weight is 315 g/mol. The van der Waals surface area contributed by atoms with Gasteiger partial charge in [0.25, 0.3) is 0 Å². The molecule has 0 spiro atoms. The van der Waals surface area contributed by atoms with Crippen LogP contribution in [0.3, 0.4) is 0 Å². The van der Waals surface area contributed by atoms with Crippen molar-refractivity contribution in [1.29, 1.82) is 0 Å². The van der Waals surface area contributed by atoms with Gasteiger partial charge in [-0.15, -0.1) is 0 Å². The number of hydrogen-bond donors (Lipinski definition) is 1. The molecule has 110 valence electrons. The van der Waals surface area contributed by atoms with E-state index in [1.54, 1.807) is 13.1 Å². The van der Waals surface area contributed by atoms with E-state index in [9.17, 15) is 4.39 Å². The number of hydrogen-bond acceptors (Lipinski definition) is 2. The van der Waals surface area contributed by atoms with Crippen molar-refractivity contribution >= 4 is 28.2 Å². The molecule has 0 radical (unpaired) electrons. The lowest BCUT2D eigenvalue weighted by Crippen LogP contribution is -1.93. The summed E-state index contributed by atoms with van der Waals surface area (Å²) in [7, 11) is 0. The molecular weight excluding hydrogens is 303 g/mol. The Kier molecular flexibility index (Phi) is 2.74. The van der Waals surface area contributed by atoms with Gasteiger partial charge in [0.15, 0.2) is 0 Å². The Labute approximate surface area is 130 Å². The molecule has 4 aromatic rings. The van der Waals surface area contributed by atoms with Gasteiger partial charge in [0, 0.05) is 34.5 Å². The summed E-state index contributed by atoms with van der Waals surface area (Å²) in [6, 6.07) is 3.78. The van der Waals surface area contributed by atoms with Crippen molar-refractivity contribution in [2.24, 2.45) is 0 Å². The average Bonchev–Trinajstić information content (AvgIpc) is 3.10. The Bertz CT molecular complexity index is 1030. The van der Waals surface area contributed by atoms with Crippen molar-refractivity contribution in [3.63, 3.8) is 0 Å². The van der Waals surface area contributed by atoms with Gasteiger partial charge in [-0.2, -0.15) is 5.10 Å². The Hall–Kier alpha value is -2.40. The zero-order chi connectivity index (χ0) is 15.4. The normalized spacial score (nSPS) is 11.6. The minimum Gasteiger partial charge on any atom is -0.306 e. The van der Waals surface area contributed by atoms with Crippen LogP contribution in [0, 0.1) is 19.7 Å². The molecule has 0 unspecified atom stereocenters. The molecule has 0 saturated carbocycles. The predicted molar refractivity (Wildman–Crippen MR) is 84.7 cm³/mol. The van der Waals surface area contributed by atoms with E-state index >= 15 is 0 Å². The largest absolute Gasteiger partial charge is 0.306 e. The zero-order valence-corrected chi connectivity index (χ0v) is 12.7. The third kappa shape index (κ3) is 1.75. The highest BCUT2D eigenvalue weighted by molar-refractivity contribution is 6.35. The lowest BCUT2D eigenvalue weighted by molar-refractivity contribution is 0.621. The van der Waals surface area contributed by atoms with Gasteiger partial charge in [-0.3, -0.25) is 5.10 Å².